The van der Waals surface area contributed by atoms with E-state index in [-0.39, 0.29) is 23.1 Å². The molecule has 0 radical (unpaired) electrons. The summed E-state index contributed by atoms with van der Waals surface area (Å²) in [5.74, 6) is 0.352. The molecule has 0 aliphatic heterocycles. The number of nitro groups is 1. The molecule has 0 spiro atoms. The minimum atomic E-state index is -0.466. The lowest BCUT2D eigenvalue weighted by Crippen LogP contribution is -2.08. The molecule has 0 aliphatic rings. The lowest BCUT2D eigenvalue weighted by molar-refractivity contribution is -0.384. The van der Waals surface area contributed by atoms with Crippen LogP contribution < -0.4 is 15.5 Å². The largest absolute Gasteiger partial charge is 0.378 e. The third-order valence-corrected chi connectivity index (χ3v) is 5.00. The number of aromatic nitrogens is 2. The zero-order valence-corrected chi connectivity index (χ0v) is 18.8. The highest BCUT2D eigenvalue weighted by Gasteiger charge is 2.24. The third-order valence-electron chi connectivity index (χ3n) is 5.00. The Morgan fingerprint density at radius 2 is 1.38 bits per heavy atom. The van der Waals surface area contributed by atoms with Gasteiger partial charge < -0.3 is 15.5 Å². The summed E-state index contributed by atoms with van der Waals surface area (Å²) in [6, 6.07) is 26.5. The molecule has 0 aliphatic carbocycles. The molecule has 0 fully saturated rings. The van der Waals surface area contributed by atoms with Crippen molar-refractivity contribution in [2.75, 3.05) is 29.6 Å². The molecule has 3 aromatic carbocycles. The fourth-order valence-electron chi connectivity index (χ4n) is 3.28. The molecule has 1 heterocycles. The van der Waals surface area contributed by atoms with E-state index in [0.29, 0.717) is 5.69 Å². The van der Waals surface area contributed by atoms with E-state index in [1.165, 1.54) is 0 Å². The highest BCUT2D eigenvalue weighted by atomic mass is 16.6. The quantitative estimate of drug-likeness (QED) is 0.246. The summed E-state index contributed by atoms with van der Waals surface area (Å²) >= 11 is 0. The lowest BCUT2D eigenvalue weighted by atomic mass is 10.1. The monoisotopic (exact) mass is 452 g/mol. The molecule has 0 unspecified atom stereocenters. The van der Waals surface area contributed by atoms with Crippen LogP contribution in [0, 0.1) is 10.1 Å². The number of hydrogen-bond acceptors (Lipinski definition) is 7. The van der Waals surface area contributed by atoms with Gasteiger partial charge in [-0.3, -0.25) is 10.1 Å². The third kappa shape index (κ3) is 5.55. The first-order valence-electron chi connectivity index (χ1n) is 10.7. The zero-order chi connectivity index (χ0) is 23.9. The number of nitrogens with zero attached hydrogens (tertiary/aromatic N) is 4. The molecule has 0 saturated carbocycles. The van der Waals surface area contributed by atoms with E-state index >= 15 is 0 Å². The summed E-state index contributed by atoms with van der Waals surface area (Å²) in [6.07, 6.45) is 3.43. The van der Waals surface area contributed by atoms with Crippen molar-refractivity contribution in [3.05, 3.63) is 106 Å². The Kier molecular flexibility index (Phi) is 6.78. The summed E-state index contributed by atoms with van der Waals surface area (Å²) in [6.45, 7) is 0. The number of hydrogen-bond donors (Lipinski definition) is 2. The first-order chi connectivity index (χ1) is 16.5. The highest BCUT2D eigenvalue weighted by Crippen LogP contribution is 2.32. The van der Waals surface area contributed by atoms with Gasteiger partial charge in [-0.05, 0) is 48.0 Å². The van der Waals surface area contributed by atoms with Gasteiger partial charge in [0.1, 0.15) is 5.69 Å². The first kappa shape index (κ1) is 22.5. The molecule has 34 heavy (non-hydrogen) atoms. The Hall–Kier alpha value is -4.72. The van der Waals surface area contributed by atoms with Crippen molar-refractivity contribution < 1.29 is 4.92 Å². The minimum Gasteiger partial charge on any atom is -0.378 e. The van der Waals surface area contributed by atoms with Gasteiger partial charge in [0.25, 0.3) is 0 Å². The van der Waals surface area contributed by atoms with Gasteiger partial charge in [0, 0.05) is 31.2 Å². The van der Waals surface area contributed by atoms with Crippen LogP contribution in [0.4, 0.5) is 34.5 Å². The predicted octanol–water partition coefficient (Wildman–Crippen LogP) is 6.11. The van der Waals surface area contributed by atoms with Crippen molar-refractivity contribution in [3.8, 4) is 0 Å². The molecular weight excluding hydrogens is 428 g/mol. The molecule has 4 aromatic rings. The predicted molar refractivity (Wildman–Crippen MR) is 138 cm³/mol. The Balaban J connectivity index is 1.76. The maximum atomic E-state index is 12.1. The van der Waals surface area contributed by atoms with Crippen molar-refractivity contribution >= 4 is 46.7 Å². The maximum absolute atomic E-state index is 12.1. The summed E-state index contributed by atoms with van der Waals surface area (Å²) in [5.41, 5.74) is 3.40. The SMILES string of the molecule is CN(C)c1ccc(/C=C\c2nc(Nc3ccccc3)nc(Nc3ccccc3)c2[N+](=O)[O-])cc1. The molecule has 0 saturated heterocycles. The Morgan fingerprint density at radius 1 is 0.794 bits per heavy atom. The molecule has 0 atom stereocenters. The number of rotatable bonds is 8. The van der Waals surface area contributed by atoms with Gasteiger partial charge in [-0.2, -0.15) is 4.98 Å². The zero-order valence-electron chi connectivity index (χ0n) is 18.8. The van der Waals surface area contributed by atoms with Crippen molar-refractivity contribution in [1.29, 1.82) is 0 Å². The van der Waals surface area contributed by atoms with Gasteiger partial charge in [0.05, 0.1) is 4.92 Å². The normalized spacial score (nSPS) is 10.8. The van der Waals surface area contributed by atoms with E-state index in [1.54, 1.807) is 12.2 Å². The van der Waals surface area contributed by atoms with Crippen LogP contribution >= 0.6 is 0 Å². The smallest absolute Gasteiger partial charge is 0.337 e. The lowest BCUT2D eigenvalue weighted by Gasteiger charge is -2.12. The number of benzene rings is 3. The Bertz CT molecular complexity index is 1290. The Labute approximate surface area is 197 Å². The summed E-state index contributed by atoms with van der Waals surface area (Å²) in [5, 5.41) is 18.3. The van der Waals surface area contributed by atoms with Crippen LogP contribution in [0.25, 0.3) is 12.2 Å². The van der Waals surface area contributed by atoms with Gasteiger partial charge >= 0.3 is 5.69 Å². The van der Waals surface area contributed by atoms with Crippen LogP contribution in [0.2, 0.25) is 0 Å². The molecule has 170 valence electrons. The van der Waals surface area contributed by atoms with Gasteiger partial charge in [0.2, 0.25) is 11.8 Å². The molecule has 4 rings (SSSR count). The van der Waals surface area contributed by atoms with Crippen molar-refractivity contribution in [2.45, 2.75) is 0 Å². The number of nitrogens with one attached hydrogen (secondary N) is 2. The van der Waals surface area contributed by atoms with Gasteiger partial charge in [-0.25, -0.2) is 4.98 Å². The second-order valence-electron chi connectivity index (χ2n) is 7.69. The Morgan fingerprint density at radius 3 is 1.94 bits per heavy atom. The molecule has 8 nitrogen and oxygen atoms in total. The topological polar surface area (TPSA) is 96.2 Å². The standard InChI is InChI=1S/C26H24N6O2/c1-31(2)22-16-13-19(14-17-22)15-18-23-24(32(33)34)25(27-20-9-5-3-6-10-20)30-26(29-23)28-21-11-7-4-8-12-21/h3-18H,1-2H3,(H2,27,28,29,30)/b18-15-. The second kappa shape index (κ2) is 10.3. The summed E-state index contributed by atoms with van der Waals surface area (Å²) in [7, 11) is 3.94. The molecule has 8 heteroatoms. The van der Waals surface area contributed by atoms with Crippen LogP contribution in [0.1, 0.15) is 11.3 Å². The van der Waals surface area contributed by atoms with Crippen molar-refractivity contribution in [1.82, 2.24) is 9.97 Å². The molecule has 1 aromatic heterocycles. The number of anilines is 5. The van der Waals surface area contributed by atoms with Gasteiger partial charge in [-0.1, -0.05) is 54.6 Å². The van der Waals surface area contributed by atoms with Crippen LogP contribution in [0.15, 0.2) is 84.9 Å². The number of para-hydroxylation sites is 2. The van der Waals surface area contributed by atoms with Gasteiger partial charge in [-0.15, -0.1) is 0 Å². The van der Waals surface area contributed by atoms with E-state index in [0.717, 1.165) is 16.9 Å². The molecule has 0 amide bonds. The minimum absolute atomic E-state index is 0.104. The fraction of sp³-hybridized carbons (Fsp3) is 0.0769. The van der Waals surface area contributed by atoms with Crippen molar-refractivity contribution in [2.24, 2.45) is 0 Å². The van der Waals surface area contributed by atoms with E-state index < -0.39 is 4.92 Å². The molecular formula is C26H24N6O2. The maximum Gasteiger partial charge on any atom is 0.337 e. The highest BCUT2D eigenvalue weighted by molar-refractivity contribution is 5.79. The van der Waals surface area contributed by atoms with Crippen LogP contribution in [-0.2, 0) is 0 Å². The average Bonchev–Trinajstić information content (AvgIpc) is 2.84. The molecule has 2 N–H and O–H groups in total. The first-order valence-corrected chi connectivity index (χ1v) is 10.7. The summed E-state index contributed by atoms with van der Waals surface area (Å²) < 4.78 is 0. The fourth-order valence-corrected chi connectivity index (χ4v) is 3.28. The van der Waals surface area contributed by atoms with Crippen LogP contribution in [0.3, 0.4) is 0 Å². The second-order valence-corrected chi connectivity index (χ2v) is 7.69. The van der Waals surface area contributed by atoms with Crippen LogP contribution in [0.5, 0.6) is 0 Å². The van der Waals surface area contributed by atoms with E-state index in [1.807, 2.05) is 104 Å². The van der Waals surface area contributed by atoms with Gasteiger partial charge in [0.15, 0.2) is 0 Å². The molecule has 0 bridgehead atoms. The average molecular weight is 453 g/mol. The van der Waals surface area contributed by atoms with Crippen LogP contribution in [-0.4, -0.2) is 29.0 Å². The van der Waals surface area contributed by atoms with E-state index in [4.69, 9.17) is 0 Å². The van der Waals surface area contributed by atoms with E-state index in [9.17, 15) is 10.1 Å². The van der Waals surface area contributed by atoms with E-state index in [2.05, 4.69) is 20.6 Å². The van der Waals surface area contributed by atoms with Crippen molar-refractivity contribution in [3.63, 3.8) is 0 Å². The summed E-state index contributed by atoms with van der Waals surface area (Å²) in [4.78, 5) is 22.5.